The van der Waals surface area contributed by atoms with Gasteiger partial charge >= 0.3 is 0 Å². The lowest BCUT2D eigenvalue weighted by Crippen LogP contribution is -2.41. The first kappa shape index (κ1) is 9.96. The van der Waals surface area contributed by atoms with E-state index in [1.807, 2.05) is 7.05 Å². The second kappa shape index (κ2) is 4.21. The largest absolute Gasteiger partial charge is 0.381 e. The monoisotopic (exact) mass is 172 g/mol. The number of ether oxygens (including phenoxy) is 1. The molecule has 1 N–H and O–H groups in total. The summed E-state index contributed by atoms with van der Waals surface area (Å²) in [5.41, 5.74) is 0.359. The topological polar surface area (TPSA) is 24.5 Å². The maximum absolute atomic E-state index is 5.45. The highest BCUT2D eigenvalue weighted by Crippen LogP contribution is 2.28. The van der Waals surface area contributed by atoms with E-state index in [1.54, 1.807) is 0 Å². The zero-order valence-corrected chi connectivity index (χ0v) is 8.39. The molecule has 1 heterocycles. The third-order valence-electron chi connectivity index (χ3n) is 2.39. The molecule has 0 aromatic carbocycles. The van der Waals surface area contributed by atoms with Crippen LogP contribution in [0, 0.1) is 5.41 Å². The number of nitrogens with one attached hydrogen (secondary N) is 1. The summed E-state index contributed by atoms with van der Waals surface area (Å²) in [6.07, 6.45) is 1.19. The van der Waals surface area contributed by atoms with Crippen LogP contribution in [-0.2, 0) is 4.74 Å². The Kier molecular flexibility index (Phi) is 3.50. The predicted molar refractivity (Wildman–Crippen MR) is 50.3 cm³/mol. The molecule has 1 rings (SSSR count). The van der Waals surface area contributed by atoms with Crippen molar-refractivity contribution in [3.63, 3.8) is 0 Å². The smallest absolute Gasteiger partial charge is 0.0547 e. The van der Waals surface area contributed by atoms with E-state index >= 15 is 0 Å². The Morgan fingerprint density at radius 1 is 1.50 bits per heavy atom. The Bertz CT molecular complexity index is 130. The van der Waals surface area contributed by atoms with Crippen molar-refractivity contribution in [2.45, 2.75) is 6.42 Å². The standard InChI is InChI=1S/C9H20N2O/c1-10-6-9(7-11(2)3)4-5-12-8-9/h10H,4-8H2,1-3H3. The molecule has 0 aromatic heterocycles. The number of nitrogens with zero attached hydrogens (tertiary/aromatic N) is 1. The summed E-state index contributed by atoms with van der Waals surface area (Å²) in [7, 11) is 6.25. The average molecular weight is 172 g/mol. The third kappa shape index (κ3) is 2.44. The molecule has 0 spiro atoms. The zero-order chi connectivity index (χ0) is 9.03. The highest BCUT2D eigenvalue weighted by molar-refractivity contribution is 4.86. The van der Waals surface area contributed by atoms with Gasteiger partial charge in [0.25, 0.3) is 0 Å². The minimum Gasteiger partial charge on any atom is -0.381 e. The first-order valence-electron chi connectivity index (χ1n) is 4.56. The van der Waals surface area contributed by atoms with Crippen LogP contribution in [-0.4, -0.2) is 52.3 Å². The summed E-state index contributed by atoms with van der Waals surface area (Å²) in [5, 5.41) is 3.25. The number of hydrogen-bond acceptors (Lipinski definition) is 3. The second-order valence-electron chi connectivity index (χ2n) is 4.07. The van der Waals surface area contributed by atoms with E-state index in [-0.39, 0.29) is 0 Å². The van der Waals surface area contributed by atoms with Gasteiger partial charge in [-0.1, -0.05) is 0 Å². The van der Waals surface area contributed by atoms with E-state index in [1.165, 1.54) is 6.42 Å². The van der Waals surface area contributed by atoms with Gasteiger partial charge in [0.2, 0.25) is 0 Å². The van der Waals surface area contributed by atoms with Gasteiger partial charge < -0.3 is 15.0 Å². The van der Waals surface area contributed by atoms with Crippen molar-refractivity contribution in [2.24, 2.45) is 5.41 Å². The van der Waals surface area contributed by atoms with Gasteiger partial charge in [-0.05, 0) is 27.6 Å². The lowest BCUT2D eigenvalue weighted by Gasteiger charge is -2.30. The highest BCUT2D eigenvalue weighted by Gasteiger charge is 2.34. The predicted octanol–water partition coefficient (Wildman–Crippen LogP) is 0.174. The number of rotatable bonds is 4. The van der Waals surface area contributed by atoms with Crippen molar-refractivity contribution in [2.75, 3.05) is 47.4 Å². The maximum atomic E-state index is 5.45. The van der Waals surface area contributed by atoms with Crippen LogP contribution in [0.3, 0.4) is 0 Å². The molecule has 1 aliphatic rings. The van der Waals surface area contributed by atoms with E-state index in [0.717, 1.165) is 26.3 Å². The summed E-state index contributed by atoms with van der Waals surface area (Å²) in [4.78, 5) is 2.24. The zero-order valence-electron chi connectivity index (χ0n) is 8.39. The van der Waals surface area contributed by atoms with Crippen molar-refractivity contribution in [3.05, 3.63) is 0 Å². The molecule has 3 heteroatoms. The Balaban J connectivity index is 2.46. The van der Waals surface area contributed by atoms with Crippen LogP contribution in [0.4, 0.5) is 0 Å². The summed E-state index contributed by atoms with van der Waals surface area (Å²) < 4.78 is 5.45. The Morgan fingerprint density at radius 3 is 2.67 bits per heavy atom. The van der Waals surface area contributed by atoms with Crippen molar-refractivity contribution in [3.8, 4) is 0 Å². The second-order valence-corrected chi connectivity index (χ2v) is 4.07. The van der Waals surface area contributed by atoms with Crippen LogP contribution in [0.5, 0.6) is 0 Å². The van der Waals surface area contributed by atoms with Crippen molar-refractivity contribution in [1.29, 1.82) is 0 Å². The van der Waals surface area contributed by atoms with Crippen LogP contribution in [0.15, 0.2) is 0 Å². The molecule has 72 valence electrons. The van der Waals surface area contributed by atoms with Gasteiger partial charge in [-0.2, -0.15) is 0 Å². The van der Waals surface area contributed by atoms with Gasteiger partial charge in [0.1, 0.15) is 0 Å². The number of hydrogen-bond donors (Lipinski definition) is 1. The minimum atomic E-state index is 0.359. The molecule has 3 nitrogen and oxygen atoms in total. The summed E-state index contributed by atoms with van der Waals surface area (Å²) >= 11 is 0. The molecule has 0 bridgehead atoms. The Labute approximate surface area is 75.1 Å². The molecule has 0 aromatic rings. The van der Waals surface area contributed by atoms with Gasteiger partial charge in [-0.15, -0.1) is 0 Å². The van der Waals surface area contributed by atoms with Crippen molar-refractivity contribution < 1.29 is 4.74 Å². The van der Waals surface area contributed by atoms with E-state index < -0.39 is 0 Å². The molecular weight excluding hydrogens is 152 g/mol. The molecule has 1 atom stereocenters. The van der Waals surface area contributed by atoms with Gasteiger partial charge in [0.05, 0.1) is 6.61 Å². The van der Waals surface area contributed by atoms with E-state index in [0.29, 0.717) is 5.41 Å². The fraction of sp³-hybridized carbons (Fsp3) is 1.00. The van der Waals surface area contributed by atoms with E-state index in [2.05, 4.69) is 24.3 Å². The van der Waals surface area contributed by atoms with Crippen LogP contribution in [0.2, 0.25) is 0 Å². The fourth-order valence-electron chi connectivity index (χ4n) is 2.02. The summed E-state index contributed by atoms with van der Waals surface area (Å²) in [6.45, 7) is 4.01. The molecule has 0 aliphatic carbocycles. The lowest BCUT2D eigenvalue weighted by atomic mass is 9.87. The Hall–Kier alpha value is -0.120. The maximum Gasteiger partial charge on any atom is 0.0547 e. The van der Waals surface area contributed by atoms with Crippen LogP contribution in [0.25, 0.3) is 0 Å². The highest BCUT2D eigenvalue weighted by atomic mass is 16.5. The fourth-order valence-corrected chi connectivity index (χ4v) is 2.02. The quantitative estimate of drug-likeness (QED) is 0.654. The molecule has 1 saturated heterocycles. The van der Waals surface area contributed by atoms with Crippen molar-refractivity contribution in [1.82, 2.24) is 10.2 Å². The van der Waals surface area contributed by atoms with Crippen molar-refractivity contribution >= 4 is 0 Å². The molecule has 1 aliphatic heterocycles. The van der Waals surface area contributed by atoms with Crippen LogP contribution < -0.4 is 5.32 Å². The molecular formula is C9H20N2O. The Morgan fingerprint density at radius 2 is 2.25 bits per heavy atom. The molecule has 0 amide bonds. The SMILES string of the molecule is CNCC1(CN(C)C)CCOC1. The first-order chi connectivity index (χ1) is 5.68. The van der Waals surface area contributed by atoms with E-state index in [9.17, 15) is 0 Å². The van der Waals surface area contributed by atoms with E-state index in [4.69, 9.17) is 4.74 Å². The van der Waals surface area contributed by atoms with Gasteiger partial charge in [-0.3, -0.25) is 0 Å². The third-order valence-corrected chi connectivity index (χ3v) is 2.39. The molecule has 0 radical (unpaired) electrons. The molecule has 1 unspecified atom stereocenters. The molecule has 12 heavy (non-hydrogen) atoms. The minimum absolute atomic E-state index is 0.359. The van der Waals surface area contributed by atoms with Crippen LogP contribution >= 0.6 is 0 Å². The molecule has 1 fully saturated rings. The summed E-state index contributed by atoms with van der Waals surface area (Å²) in [6, 6.07) is 0. The average Bonchev–Trinajstić information content (AvgIpc) is 2.36. The first-order valence-corrected chi connectivity index (χ1v) is 4.56. The van der Waals surface area contributed by atoms with Gasteiger partial charge in [0, 0.05) is 25.1 Å². The normalized spacial score (nSPS) is 30.0. The summed E-state index contributed by atoms with van der Waals surface area (Å²) in [5.74, 6) is 0. The lowest BCUT2D eigenvalue weighted by molar-refractivity contribution is 0.128. The van der Waals surface area contributed by atoms with Gasteiger partial charge in [0.15, 0.2) is 0 Å². The van der Waals surface area contributed by atoms with Crippen LogP contribution in [0.1, 0.15) is 6.42 Å². The van der Waals surface area contributed by atoms with Gasteiger partial charge in [-0.25, -0.2) is 0 Å². The molecule has 0 saturated carbocycles.